The normalized spacial score (nSPS) is 14.8. The maximum absolute atomic E-state index is 13.8. The third-order valence-electron chi connectivity index (χ3n) is 7.27. The molecular formula is C28H33N5O3S2. The first kappa shape index (κ1) is 26.5. The van der Waals surface area contributed by atoms with Crippen LogP contribution in [0.2, 0.25) is 0 Å². The van der Waals surface area contributed by atoms with Gasteiger partial charge in [0.05, 0.1) is 21.7 Å². The third-order valence-corrected chi connectivity index (χ3v) is 10.2. The molecule has 0 N–H and O–H groups in total. The van der Waals surface area contributed by atoms with Crippen molar-refractivity contribution in [1.29, 1.82) is 0 Å². The summed E-state index contributed by atoms with van der Waals surface area (Å²) in [5, 5.41) is 4.88. The van der Waals surface area contributed by atoms with Crippen molar-refractivity contribution in [3.8, 4) is 0 Å². The molecule has 2 heterocycles. The largest absolute Gasteiger partial charge is 0.282 e. The molecular weight excluding hydrogens is 518 g/mol. The lowest BCUT2D eigenvalue weighted by molar-refractivity contribution is 0.0985. The van der Waals surface area contributed by atoms with Gasteiger partial charge in [-0.2, -0.15) is 9.40 Å². The van der Waals surface area contributed by atoms with Gasteiger partial charge >= 0.3 is 0 Å². The number of hydrogen-bond acceptors (Lipinski definition) is 6. The average Bonchev–Trinajstić information content (AvgIpc) is 3.59. The molecule has 38 heavy (non-hydrogen) atoms. The van der Waals surface area contributed by atoms with Crippen molar-refractivity contribution in [2.75, 3.05) is 18.5 Å². The van der Waals surface area contributed by atoms with E-state index in [9.17, 15) is 13.2 Å². The van der Waals surface area contributed by atoms with E-state index in [2.05, 4.69) is 17.2 Å². The molecule has 5 rings (SSSR count). The van der Waals surface area contributed by atoms with E-state index in [0.29, 0.717) is 23.8 Å². The molecule has 10 heteroatoms. The molecule has 1 amide bonds. The molecule has 1 fully saturated rings. The molecule has 0 spiro atoms. The molecule has 0 atom stereocenters. The average molecular weight is 552 g/mol. The van der Waals surface area contributed by atoms with E-state index in [0.717, 1.165) is 53.4 Å². The Bertz CT molecular complexity index is 1520. The van der Waals surface area contributed by atoms with Crippen molar-refractivity contribution in [3.05, 3.63) is 71.5 Å². The van der Waals surface area contributed by atoms with Gasteiger partial charge < -0.3 is 0 Å². The van der Waals surface area contributed by atoms with Gasteiger partial charge in [0.15, 0.2) is 5.13 Å². The quantitative estimate of drug-likeness (QED) is 0.292. The highest BCUT2D eigenvalue weighted by Gasteiger charge is 2.29. The van der Waals surface area contributed by atoms with Crippen LogP contribution in [0.25, 0.3) is 10.2 Å². The highest BCUT2D eigenvalue weighted by molar-refractivity contribution is 7.89. The zero-order valence-electron chi connectivity index (χ0n) is 22.0. The Morgan fingerprint density at radius 1 is 1.11 bits per heavy atom. The highest BCUT2D eigenvalue weighted by Crippen LogP contribution is 2.33. The summed E-state index contributed by atoms with van der Waals surface area (Å²) in [5.41, 5.74) is 3.52. The molecule has 2 aromatic heterocycles. The van der Waals surface area contributed by atoms with Crippen LogP contribution in [0.5, 0.6) is 0 Å². The minimum absolute atomic E-state index is 0.0268. The predicted molar refractivity (Wildman–Crippen MR) is 151 cm³/mol. The van der Waals surface area contributed by atoms with Gasteiger partial charge in [0, 0.05) is 37.6 Å². The Hall–Kier alpha value is -3.08. The number of aromatic nitrogens is 3. The first-order valence-corrected chi connectivity index (χ1v) is 15.2. The summed E-state index contributed by atoms with van der Waals surface area (Å²) in [6.45, 7) is 4.96. The van der Waals surface area contributed by atoms with Gasteiger partial charge in [-0.1, -0.05) is 36.7 Å². The summed E-state index contributed by atoms with van der Waals surface area (Å²) in [4.78, 5) is 20.5. The second-order valence-electron chi connectivity index (χ2n) is 9.99. The van der Waals surface area contributed by atoms with Crippen LogP contribution in [0, 0.1) is 13.8 Å². The number of anilines is 1. The fourth-order valence-corrected chi connectivity index (χ4v) is 7.71. The van der Waals surface area contributed by atoms with Gasteiger partial charge in [-0.25, -0.2) is 13.4 Å². The SMILES string of the molecule is Cc1cc(C)c2nc(N(CCn3cccn3)C(=O)c3ccc(S(=O)(=O)N(C)C4CCCCC4)cc3)sc2c1. The van der Waals surface area contributed by atoms with E-state index >= 15 is 0 Å². The van der Waals surface area contributed by atoms with Gasteiger partial charge in [0.2, 0.25) is 10.0 Å². The lowest BCUT2D eigenvalue weighted by atomic mass is 9.96. The summed E-state index contributed by atoms with van der Waals surface area (Å²) in [7, 11) is -1.97. The van der Waals surface area contributed by atoms with Gasteiger partial charge in [-0.3, -0.25) is 14.4 Å². The number of hydrogen-bond donors (Lipinski definition) is 0. The van der Waals surface area contributed by atoms with Crippen LogP contribution in [0.4, 0.5) is 5.13 Å². The number of carbonyl (C=O) groups is 1. The molecule has 0 radical (unpaired) electrons. The molecule has 1 aliphatic carbocycles. The third kappa shape index (κ3) is 5.39. The topological polar surface area (TPSA) is 88.4 Å². The molecule has 0 aliphatic heterocycles. The minimum atomic E-state index is -3.63. The molecule has 0 bridgehead atoms. The van der Waals surface area contributed by atoms with Crippen molar-refractivity contribution in [3.63, 3.8) is 0 Å². The number of fused-ring (bicyclic) bond motifs is 1. The zero-order chi connectivity index (χ0) is 26.9. The number of rotatable bonds is 8. The maximum Gasteiger partial charge on any atom is 0.260 e. The maximum atomic E-state index is 13.8. The predicted octanol–water partition coefficient (Wildman–Crippen LogP) is 5.41. The number of sulfonamides is 1. The van der Waals surface area contributed by atoms with Crippen LogP contribution in [-0.4, -0.2) is 53.0 Å². The van der Waals surface area contributed by atoms with E-state index in [-0.39, 0.29) is 16.8 Å². The molecule has 1 saturated carbocycles. The summed E-state index contributed by atoms with van der Waals surface area (Å²) in [6, 6.07) is 12.3. The standard InChI is InChI=1S/C28H33N5O3S2/c1-20-18-21(2)26-25(19-20)37-28(30-26)33(17-16-32-15-7-14-29-32)27(34)22-10-12-24(13-11-22)38(35,36)31(3)23-8-5-4-6-9-23/h7,10-15,18-19,23H,4-6,8-9,16-17H2,1-3H3. The summed E-state index contributed by atoms with van der Waals surface area (Å²) < 4.78 is 30.9. The fraction of sp³-hybridized carbons (Fsp3) is 0.393. The van der Waals surface area contributed by atoms with Gasteiger partial charge in [-0.05, 0) is 74.2 Å². The molecule has 2 aromatic carbocycles. The number of aryl methyl sites for hydroxylation is 2. The van der Waals surface area contributed by atoms with Crippen LogP contribution in [-0.2, 0) is 16.6 Å². The second-order valence-corrected chi connectivity index (χ2v) is 13.0. The Kier molecular flexibility index (Phi) is 7.65. The number of thiazole rings is 1. The summed E-state index contributed by atoms with van der Waals surface area (Å²) >= 11 is 1.48. The van der Waals surface area contributed by atoms with Crippen molar-refractivity contribution in [1.82, 2.24) is 19.1 Å². The van der Waals surface area contributed by atoms with Crippen molar-refractivity contribution < 1.29 is 13.2 Å². The van der Waals surface area contributed by atoms with Crippen LogP contribution in [0.1, 0.15) is 53.6 Å². The van der Waals surface area contributed by atoms with E-state index in [1.807, 2.05) is 26.1 Å². The molecule has 4 aromatic rings. The van der Waals surface area contributed by atoms with E-state index in [1.54, 1.807) is 47.1 Å². The number of benzene rings is 2. The molecule has 1 aliphatic rings. The molecule has 8 nitrogen and oxygen atoms in total. The lowest BCUT2D eigenvalue weighted by Crippen LogP contribution is -2.38. The van der Waals surface area contributed by atoms with Gasteiger partial charge in [0.1, 0.15) is 0 Å². The summed E-state index contributed by atoms with van der Waals surface area (Å²) in [5.74, 6) is -0.227. The number of amides is 1. The minimum Gasteiger partial charge on any atom is -0.282 e. The van der Waals surface area contributed by atoms with Crippen LogP contribution >= 0.6 is 11.3 Å². The van der Waals surface area contributed by atoms with Crippen LogP contribution in [0.15, 0.2) is 59.8 Å². The van der Waals surface area contributed by atoms with Crippen LogP contribution in [0.3, 0.4) is 0 Å². The van der Waals surface area contributed by atoms with Crippen LogP contribution < -0.4 is 4.90 Å². The highest BCUT2D eigenvalue weighted by atomic mass is 32.2. The number of nitrogens with zero attached hydrogens (tertiary/aromatic N) is 5. The van der Waals surface area contributed by atoms with Gasteiger partial charge in [-0.15, -0.1) is 0 Å². The van der Waals surface area contributed by atoms with Crippen molar-refractivity contribution >= 4 is 42.6 Å². The van der Waals surface area contributed by atoms with Gasteiger partial charge in [0.25, 0.3) is 5.91 Å². The van der Waals surface area contributed by atoms with E-state index < -0.39 is 10.0 Å². The molecule has 0 saturated heterocycles. The number of carbonyl (C=O) groups excluding carboxylic acids is 1. The van der Waals surface area contributed by atoms with Crippen molar-refractivity contribution in [2.45, 2.75) is 63.4 Å². The Morgan fingerprint density at radius 2 is 1.84 bits per heavy atom. The molecule has 200 valence electrons. The summed E-state index contributed by atoms with van der Waals surface area (Å²) in [6.07, 6.45) is 8.61. The first-order valence-electron chi connectivity index (χ1n) is 13.0. The zero-order valence-corrected chi connectivity index (χ0v) is 23.6. The Morgan fingerprint density at radius 3 is 2.53 bits per heavy atom. The first-order chi connectivity index (χ1) is 18.2. The Labute approximate surface area is 228 Å². The fourth-order valence-electron chi connectivity index (χ4n) is 5.13. The van der Waals surface area contributed by atoms with E-state index in [4.69, 9.17) is 4.98 Å². The lowest BCUT2D eigenvalue weighted by Gasteiger charge is -2.30. The van der Waals surface area contributed by atoms with Crippen molar-refractivity contribution in [2.24, 2.45) is 0 Å². The Balaban J connectivity index is 1.43. The second kappa shape index (κ2) is 11.0. The molecule has 0 unspecified atom stereocenters. The van der Waals surface area contributed by atoms with E-state index in [1.165, 1.54) is 15.6 Å². The smallest absolute Gasteiger partial charge is 0.260 e. The monoisotopic (exact) mass is 551 g/mol.